The smallest absolute Gasteiger partial charge is 0.273 e. The van der Waals surface area contributed by atoms with Gasteiger partial charge in [0.2, 0.25) is 11.5 Å². The molecule has 0 aliphatic carbocycles. The van der Waals surface area contributed by atoms with E-state index in [1.807, 2.05) is 0 Å². The molecule has 1 amide bonds. The van der Waals surface area contributed by atoms with Gasteiger partial charge < -0.3 is 9.42 Å². The minimum Gasteiger partial charge on any atom is -0.335 e. The Kier molecular flexibility index (Phi) is 4.00. The number of amides is 1. The fraction of sp³-hybridized carbons (Fsp3) is 0.312. The molecule has 3 aromatic heterocycles. The molecule has 1 aliphatic heterocycles. The summed E-state index contributed by atoms with van der Waals surface area (Å²) in [4.78, 5) is 26.1. The third-order valence-electron chi connectivity index (χ3n) is 4.11. The number of carbonyl (C=O) groups is 1. The first kappa shape index (κ1) is 15.8. The zero-order valence-electron chi connectivity index (χ0n) is 13.1. The molecule has 0 bridgehead atoms. The standard InChI is InChI=1S/C16H14FN5O2S/c17-16(15-20-13(21-24-15)11-3-1-5-18-7-11)4-2-6-22(9-16)14(23)12-8-25-10-19-12/h1,3,5,7-8,10H,2,4,6,9H2. The van der Waals surface area contributed by atoms with E-state index in [0.29, 0.717) is 24.2 Å². The Balaban J connectivity index is 1.57. The zero-order chi connectivity index (χ0) is 17.3. The van der Waals surface area contributed by atoms with Crippen LogP contribution in [0.25, 0.3) is 11.4 Å². The van der Waals surface area contributed by atoms with E-state index in [2.05, 4.69) is 20.1 Å². The largest absolute Gasteiger partial charge is 0.335 e. The van der Waals surface area contributed by atoms with Gasteiger partial charge in [-0.15, -0.1) is 11.3 Å². The third-order valence-corrected chi connectivity index (χ3v) is 4.70. The third kappa shape index (κ3) is 3.02. The van der Waals surface area contributed by atoms with Gasteiger partial charge in [0.25, 0.3) is 11.8 Å². The van der Waals surface area contributed by atoms with Gasteiger partial charge in [-0.25, -0.2) is 9.37 Å². The summed E-state index contributed by atoms with van der Waals surface area (Å²) in [6.07, 6.45) is 3.95. The Morgan fingerprint density at radius 2 is 2.36 bits per heavy atom. The van der Waals surface area contributed by atoms with Crippen molar-refractivity contribution in [1.29, 1.82) is 0 Å². The second-order valence-corrected chi connectivity index (χ2v) is 6.55. The van der Waals surface area contributed by atoms with Crippen molar-refractivity contribution in [3.8, 4) is 11.4 Å². The van der Waals surface area contributed by atoms with Crippen molar-refractivity contribution < 1.29 is 13.7 Å². The molecule has 4 rings (SSSR count). The normalized spacial score (nSPS) is 20.6. The molecular formula is C16H14FN5O2S. The minimum atomic E-state index is -1.86. The summed E-state index contributed by atoms with van der Waals surface area (Å²) >= 11 is 1.33. The molecule has 0 N–H and O–H groups in total. The SMILES string of the molecule is O=C(c1cscn1)N1CCCC(F)(c2nc(-c3cccnc3)no2)C1. The lowest BCUT2D eigenvalue weighted by Gasteiger charge is -2.34. The molecule has 0 spiro atoms. The molecule has 1 aliphatic rings. The zero-order valence-corrected chi connectivity index (χ0v) is 13.9. The monoisotopic (exact) mass is 359 g/mol. The molecular weight excluding hydrogens is 345 g/mol. The molecule has 0 radical (unpaired) electrons. The highest BCUT2D eigenvalue weighted by Crippen LogP contribution is 2.36. The molecule has 4 heterocycles. The summed E-state index contributed by atoms with van der Waals surface area (Å²) in [5.41, 5.74) is 0.693. The molecule has 0 saturated carbocycles. The Hall–Kier alpha value is -2.68. The highest BCUT2D eigenvalue weighted by molar-refractivity contribution is 7.07. The van der Waals surface area contributed by atoms with E-state index in [-0.39, 0.29) is 30.6 Å². The van der Waals surface area contributed by atoms with Crippen LogP contribution < -0.4 is 0 Å². The second-order valence-electron chi connectivity index (χ2n) is 5.83. The van der Waals surface area contributed by atoms with Crippen LogP contribution in [0.1, 0.15) is 29.2 Å². The fourth-order valence-corrected chi connectivity index (χ4v) is 3.38. The first-order valence-electron chi connectivity index (χ1n) is 7.77. The molecule has 1 saturated heterocycles. The van der Waals surface area contributed by atoms with E-state index >= 15 is 4.39 Å². The van der Waals surface area contributed by atoms with Gasteiger partial charge in [-0.2, -0.15) is 4.98 Å². The van der Waals surface area contributed by atoms with Crippen LogP contribution in [0.3, 0.4) is 0 Å². The first-order chi connectivity index (χ1) is 12.2. The molecule has 3 aromatic rings. The van der Waals surface area contributed by atoms with Crippen molar-refractivity contribution in [2.75, 3.05) is 13.1 Å². The van der Waals surface area contributed by atoms with E-state index in [1.165, 1.54) is 16.2 Å². The van der Waals surface area contributed by atoms with E-state index < -0.39 is 5.67 Å². The number of rotatable bonds is 3. The summed E-state index contributed by atoms with van der Waals surface area (Å²) in [5, 5.41) is 5.50. The average Bonchev–Trinajstić information content (AvgIpc) is 3.34. The number of carbonyl (C=O) groups excluding carboxylic acids is 1. The number of pyridine rings is 1. The number of aromatic nitrogens is 4. The van der Waals surface area contributed by atoms with Crippen LogP contribution in [0, 0.1) is 0 Å². The van der Waals surface area contributed by atoms with Gasteiger partial charge in [-0.3, -0.25) is 9.78 Å². The van der Waals surface area contributed by atoms with Crippen molar-refractivity contribution in [3.63, 3.8) is 0 Å². The Morgan fingerprint density at radius 3 is 3.12 bits per heavy atom. The Labute approximate surface area is 146 Å². The van der Waals surface area contributed by atoms with Gasteiger partial charge in [-0.1, -0.05) is 5.16 Å². The first-order valence-corrected chi connectivity index (χ1v) is 8.71. The minimum absolute atomic E-state index is 0.109. The van der Waals surface area contributed by atoms with Crippen molar-refractivity contribution in [1.82, 2.24) is 25.0 Å². The lowest BCUT2D eigenvalue weighted by atomic mass is 9.94. The van der Waals surface area contributed by atoms with Gasteiger partial charge in [0.15, 0.2) is 0 Å². The summed E-state index contributed by atoms with van der Waals surface area (Å²) in [5.74, 6) is -0.111. The van der Waals surface area contributed by atoms with E-state index in [0.717, 1.165) is 0 Å². The van der Waals surface area contributed by atoms with Crippen LogP contribution in [0.2, 0.25) is 0 Å². The molecule has 9 heteroatoms. The Bertz CT molecular complexity index is 870. The number of halogens is 1. The molecule has 7 nitrogen and oxygen atoms in total. The maximum Gasteiger partial charge on any atom is 0.273 e. The molecule has 1 unspecified atom stereocenters. The van der Waals surface area contributed by atoms with Crippen molar-refractivity contribution in [2.45, 2.75) is 18.5 Å². The highest BCUT2D eigenvalue weighted by Gasteiger charge is 2.44. The van der Waals surface area contributed by atoms with Crippen LogP contribution in [0.5, 0.6) is 0 Å². The summed E-state index contributed by atoms with van der Waals surface area (Å²) in [6.45, 7) is 0.351. The van der Waals surface area contributed by atoms with Crippen LogP contribution >= 0.6 is 11.3 Å². The number of alkyl halides is 1. The van der Waals surface area contributed by atoms with Crippen LogP contribution in [0.15, 0.2) is 39.9 Å². The summed E-state index contributed by atoms with van der Waals surface area (Å²) < 4.78 is 20.6. The molecule has 1 fully saturated rings. The maximum atomic E-state index is 15.5. The van der Waals surface area contributed by atoms with Crippen molar-refractivity contribution in [3.05, 3.63) is 47.0 Å². The van der Waals surface area contributed by atoms with Gasteiger partial charge in [0.05, 0.1) is 12.1 Å². The second kappa shape index (κ2) is 6.32. The number of likely N-dealkylation sites (tertiary alicyclic amines) is 1. The maximum absolute atomic E-state index is 15.5. The molecule has 1 atom stereocenters. The highest BCUT2D eigenvalue weighted by atomic mass is 32.1. The molecule has 25 heavy (non-hydrogen) atoms. The number of nitrogens with zero attached hydrogens (tertiary/aromatic N) is 5. The number of thiazole rings is 1. The molecule has 128 valence electrons. The van der Waals surface area contributed by atoms with Crippen molar-refractivity contribution in [2.24, 2.45) is 0 Å². The van der Waals surface area contributed by atoms with E-state index in [9.17, 15) is 4.79 Å². The van der Waals surface area contributed by atoms with Crippen LogP contribution in [-0.4, -0.2) is 44.0 Å². The molecule has 0 aromatic carbocycles. The summed E-state index contributed by atoms with van der Waals surface area (Å²) in [6, 6.07) is 3.51. The lowest BCUT2D eigenvalue weighted by Crippen LogP contribution is -2.46. The van der Waals surface area contributed by atoms with Gasteiger partial charge in [0, 0.05) is 29.9 Å². The van der Waals surface area contributed by atoms with E-state index in [1.54, 1.807) is 35.4 Å². The van der Waals surface area contributed by atoms with Gasteiger partial charge in [0.1, 0.15) is 5.69 Å². The van der Waals surface area contributed by atoms with Crippen LogP contribution in [0.4, 0.5) is 4.39 Å². The predicted molar refractivity (Wildman–Crippen MR) is 87.6 cm³/mol. The van der Waals surface area contributed by atoms with Gasteiger partial charge >= 0.3 is 0 Å². The predicted octanol–water partition coefficient (Wildman–Crippen LogP) is 2.69. The van der Waals surface area contributed by atoms with Gasteiger partial charge in [-0.05, 0) is 25.0 Å². The van der Waals surface area contributed by atoms with E-state index in [4.69, 9.17) is 4.52 Å². The quantitative estimate of drug-likeness (QED) is 0.715. The summed E-state index contributed by atoms with van der Waals surface area (Å²) in [7, 11) is 0. The average molecular weight is 359 g/mol. The fourth-order valence-electron chi connectivity index (χ4n) is 2.86. The van der Waals surface area contributed by atoms with Crippen LogP contribution in [-0.2, 0) is 5.67 Å². The topological polar surface area (TPSA) is 85.0 Å². The lowest BCUT2D eigenvalue weighted by molar-refractivity contribution is 0.0150. The Morgan fingerprint density at radius 1 is 1.44 bits per heavy atom. The number of piperidine rings is 1. The number of hydrogen-bond donors (Lipinski definition) is 0. The van der Waals surface area contributed by atoms with Crippen molar-refractivity contribution >= 4 is 17.2 Å². The number of hydrogen-bond acceptors (Lipinski definition) is 7.